The quantitative estimate of drug-likeness (QED) is 0.849. The first-order valence-corrected chi connectivity index (χ1v) is 6.69. The molecule has 2 rings (SSSR count). The third kappa shape index (κ3) is 2.64. The number of amides is 2. The van der Waals surface area contributed by atoms with E-state index in [0.717, 1.165) is 12.1 Å². The summed E-state index contributed by atoms with van der Waals surface area (Å²) in [4.78, 5) is 25.5. The van der Waals surface area contributed by atoms with Crippen molar-refractivity contribution in [3.63, 3.8) is 0 Å². The Balaban J connectivity index is 2.09. The number of hydrogen-bond donors (Lipinski definition) is 1. The molecular formula is C15H17N3O2. The summed E-state index contributed by atoms with van der Waals surface area (Å²) >= 11 is 0. The van der Waals surface area contributed by atoms with Crippen LogP contribution in [-0.2, 0) is 9.59 Å². The summed E-state index contributed by atoms with van der Waals surface area (Å²) in [6.07, 6.45) is 0.935. The monoisotopic (exact) mass is 271 g/mol. The first kappa shape index (κ1) is 14.1. The first-order chi connectivity index (χ1) is 9.56. The van der Waals surface area contributed by atoms with Gasteiger partial charge in [-0.2, -0.15) is 5.26 Å². The highest BCUT2D eigenvalue weighted by molar-refractivity contribution is 6.07. The third-order valence-electron chi connectivity index (χ3n) is 3.57. The Morgan fingerprint density at radius 3 is 2.60 bits per heavy atom. The van der Waals surface area contributed by atoms with E-state index in [-0.39, 0.29) is 24.3 Å². The minimum absolute atomic E-state index is 0.0669. The molecule has 2 unspecified atom stereocenters. The van der Waals surface area contributed by atoms with Crippen molar-refractivity contribution < 1.29 is 9.59 Å². The molecule has 0 saturated carbocycles. The molecule has 0 aliphatic carbocycles. The standard InChI is InChI=1S/C15H17N3O2/c1-3-10(2)18-14(19)8-13(15(18)20)17-12-6-4-11(9-16)5-7-12/h4-7,10,13,17H,3,8H2,1-2H3. The lowest BCUT2D eigenvalue weighted by atomic mass is 10.2. The average Bonchev–Trinajstić information content (AvgIpc) is 2.73. The number of carbonyl (C=O) groups excluding carboxylic acids is 2. The van der Waals surface area contributed by atoms with Crippen LogP contribution in [0.5, 0.6) is 0 Å². The number of benzene rings is 1. The van der Waals surface area contributed by atoms with E-state index in [1.165, 1.54) is 4.90 Å². The smallest absolute Gasteiger partial charge is 0.252 e. The summed E-state index contributed by atoms with van der Waals surface area (Å²) in [5.74, 6) is -0.302. The second-order valence-electron chi connectivity index (χ2n) is 4.95. The molecule has 0 bridgehead atoms. The van der Waals surface area contributed by atoms with E-state index in [4.69, 9.17) is 5.26 Å². The molecule has 0 radical (unpaired) electrons. The van der Waals surface area contributed by atoms with Gasteiger partial charge in [-0.15, -0.1) is 0 Å². The molecule has 1 N–H and O–H groups in total. The highest BCUT2D eigenvalue weighted by Gasteiger charge is 2.40. The van der Waals surface area contributed by atoms with Crippen LogP contribution >= 0.6 is 0 Å². The van der Waals surface area contributed by atoms with Crippen LogP contribution in [0.3, 0.4) is 0 Å². The second-order valence-corrected chi connectivity index (χ2v) is 4.95. The van der Waals surface area contributed by atoms with E-state index in [1.807, 2.05) is 19.9 Å². The van der Waals surface area contributed by atoms with Crippen molar-refractivity contribution >= 4 is 17.5 Å². The van der Waals surface area contributed by atoms with Gasteiger partial charge < -0.3 is 5.32 Å². The Hall–Kier alpha value is -2.35. The van der Waals surface area contributed by atoms with E-state index in [2.05, 4.69) is 5.32 Å². The highest BCUT2D eigenvalue weighted by Crippen LogP contribution is 2.21. The highest BCUT2D eigenvalue weighted by atomic mass is 16.2. The van der Waals surface area contributed by atoms with Crippen molar-refractivity contribution in [1.29, 1.82) is 5.26 Å². The molecule has 0 aromatic heterocycles. The number of carbonyl (C=O) groups is 2. The zero-order chi connectivity index (χ0) is 14.7. The van der Waals surface area contributed by atoms with Crippen molar-refractivity contribution in [3.8, 4) is 6.07 Å². The van der Waals surface area contributed by atoms with Crippen molar-refractivity contribution in [3.05, 3.63) is 29.8 Å². The fourth-order valence-electron chi connectivity index (χ4n) is 2.25. The molecule has 1 fully saturated rings. The molecule has 1 aromatic carbocycles. The van der Waals surface area contributed by atoms with Crippen molar-refractivity contribution in [2.24, 2.45) is 0 Å². The first-order valence-electron chi connectivity index (χ1n) is 6.69. The maximum absolute atomic E-state index is 12.2. The maximum Gasteiger partial charge on any atom is 0.252 e. The van der Waals surface area contributed by atoms with Gasteiger partial charge in [-0.3, -0.25) is 14.5 Å². The molecule has 1 saturated heterocycles. The van der Waals surface area contributed by atoms with Gasteiger partial charge in [-0.05, 0) is 37.6 Å². The van der Waals surface area contributed by atoms with Crippen LogP contribution in [-0.4, -0.2) is 28.8 Å². The van der Waals surface area contributed by atoms with Gasteiger partial charge in [0.2, 0.25) is 5.91 Å². The fraction of sp³-hybridized carbons (Fsp3) is 0.400. The van der Waals surface area contributed by atoms with Crippen LogP contribution < -0.4 is 5.32 Å². The average molecular weight is 271 g/mol. The Morgan fingerprint density at radius 1 is 1.40 bits per heavy atom. The number of likely N-dealkylation sites (tertiary alicyclic amines) is 1. The van der Waals surface area contributed by atoms with Gasteiger partial charge in [-0.1, -0.05) is 6.92 Å². The van der Waals surface area contributed by atoms with Gasteiger partial charge >= 0.3 is 0 Å². The van der Waals surface area contributed by atoms with Crippen LogP contribution in [0.15, 0.2) is 24.3 Å². The molecule has 1 heterocycles. The summed E-state index contributed by atoms with van der Waals surface area (Å²) in [5.41, 5.74) is 1.30. The van der Waals surface area contributed by atoms with Gasteiger partial charge in [0.05, 0.1) is 18.1 Å². The van der Waals surface area contributed by atoms with Crippen LogP contribution in [0.4, 0.5) is 5.69 Å². The predicted molar refractivity (Wildman–Crippen MR) is 74.8 cm³/mol. The largest absolute Gasteiger partial charge is 0.373 e. The number of nitrogens with zero attached hydrogens (tertiary/aromatic N) is 2. The summed E-state index contributed by atoms with van der Waals surface area (Å²) in [6, 6.07) is 8.29. The van der Waals surface area contributed by atoms with Gasteiger partial charge in [0.1, 0.15) is 6.04 Å². The molecule has 2 atom stereocenters. The van der Waals surface area contributed by atoms with Crippen molar-refractivity contribution in [2.45, 2.75) is 38.8 Å². The van der Waals surface area contributed by atoms with E-state index in [1.54, 1.807) is 24.3 Å². The van der Waals surface area contributed by atoms with E-state index < -0.39 is 6.04 Å². The van der Waals surface area contributed by atoms with Crippen LogP contribution in [0.25, 0.3) is 0 Å². The molecule has 20 heavy (non-hydrogen) atoms. The fourth-order valence-corrected chi connectivity index (χ4v) is 2.25. The lowest BCUT2D eigenvalue weighted by Gasteiger charge is -2.21. The maximum atomic E-state index is 12.2. The van der Waals surface area contributed by atoms with Crippen LogP contribution in [0, 0.1) is 11.3 Å². The topological polar surface area (TPSA) is 73.2 Å². The minimum Gasteiger partial charge on any atom is -0.373 e. The lowest BCUT2D eigenvalue weighted by molar-refractivity contribution is -0.140. The number of hydrogen-bond acceptors (Lipinski definition) is 4. The molecule has 1 aliphatic rings. The summed E-state index contributed by atoms with van der Waals surface area (Å²) in [7, 11) is 0. The number of rotatable bonds is 4. The SMILES string of the molecule is CCC(C)N1C(=O)CC(Nc2ccc(C#N)cc2)C1=O. The number of imide groups is 1. The zero-order valence-electron chi connectivity index (χ0n) is 11.6. The normalized spacial score (nSPS) is 19.9. The predicted octanol–water partition coefficient (Wildman–Crippen LogP) is 1.90. The van der Waals surface area contributed by atoms with Crippen molar-refractivity contribution in [2.75, 3.05) is 5.32 Å². The number of nitriles is 1. The zero-order valence-corrected chi connectivity index (χ0v) is 11.6. The molecule has 0 spiro atoms. The van der Waals surface area contributed by atoms with Crippen LogP contribution in [0.2, 0.25) is 0 Å². The second kappa shape index (κ2) is 5.74. The molecule has 5 nitrogen and oxygen atoms in total. The Morgan fingerprint density at radius 2 is 2.05 bits per heavy atom. The molecule has 5 heteroatoms. The van der Waals surface area contributed by atoms with E-state index in [0.29, 0.717) is 5.56 Å². The van der Waals surface area contributed by atoms with Gasteiger partial charge in [0.25, 0.3) is 5.91 Å². The summed E-state index contributed by atoms with van der Waals surface area (Å²) < 4.78 is 0. The van der Waals surface area contributed by atoms with Gasteiger partial charge in [0, 0.05) is 11.7 Å². The Bertz CT molecular complexity index is 559. The molecule has 2 amide bonds. The summed E-state index contributed by atoms with van der Waals surface area (Å²) in [5, 5.41) is 11.8. The van der Waals surface area contributed by atoms with Gasteiger partial charge in [-0.25, -0.2) is 0 Å². The molecule has 1 aliphatic heterocycles. The molecular weight excluding hydrogens is 254 g/mol. The number of anilines is 1. The summed E-state index contributed by atoms with van der Waals surface area (Å²) in [6.45, 7) is 3.83. The molecule has 1 aromatic rings. The minimum atomic E-state index is -0.510. The van der Waals surface area contributed by atoms with E-state index >= 15 is 0 Å². The van der Waals surface area contributed by atoms with Crippen molar-refractivity contribution in [1.82, 2.24) is 4.90 Å². The van der Waals surface area contributed by atoms with Gasteiger partial charge in [0.15, 0.2) is 0 Å². The van der Waals surface area contributed by atoms with E-state index in [9.17, 15) is 9.59 Å². The Labute approximate surface area is 118 Å². The third-order valence-corrected chi connectivity index (χ3v) is 3.57. The Kier molecular flexibility index (Phi) is 4.04. The molecule has 104 valence electrons. The lowest BCUT2D eigenvalue weighted by Crippen LogP contribution is -2.40. The van der Waals surface area contributed by atoms with Crippen LogP contribution in [0.1, 0.15) is 32.3 Å². The number of nitrogens with one attached hydrogen (secondary N) is 1.